The number of benzene rings is 1. The molecule has 0 aliphatic carbocycles. The van der Waals surface area contributed by atoms with Gasteiger partial charge < -0.3 is 9.64 Å². The van der Waals surface area contributed by atoms with Crippen molar-refractivity contribution in [3.8, 4) is 0 Å². The summed E-state index contributed by atoms with van der Waals surface area (Å²) >= 11 is 9.76. The van der Waals surface area contributed by atoms with Crippen molar-refractivity contribution in [3.63, 3.8) is 0 Å². The molecule has 0 bridgehead atoms. The summed E-state index contributed by atoms with van der Waals surface area (Å²) in [6.45, 7) is 6.33. The van der Waals surface area contributed by atoms with Crippen LogP contribution in [0.15, 0.2) is 47.1 Å². The van der Waals surface area contributed by atoms with Crippen molar-refractivity contribution in [2.45, 2.75) is 38.8 Å². The fourth-order valence-corrected chi connectivity index (χ4v) is 3.64. The largest absolute Gasteiger partial charge is 0.444 e. The highest BCUT2D eigenvalue weighted by Crippen LogP contribution is 2.30. The third-order valence-electron chi connectivity index (χ3n) is 4.46. The highest BCUT2D eigenvalue weighted by atomic mass is 79.9. The fourth-order valence-electron chi connectivity index (χ4n) is 3.17. The monoisotopic (exact) mass is 479 g/mol. The molecular formula is C21H23BrClN3O3. The Morgan fingerprint density at radius 2 is 1.93 bits per heavy atom. The maximum Gasteiger partial charge on any atom is 0.410 e. The molecule has 0 radical (unpaired) electrons. The summed E-state index contributed by atoms with van der Waals surface area (Å²) in [4.78, 5) is 33.4. The lowest BCUT2D eigenvalue weighted by Crippen LogP contribution is -2.44. The molecule has 2 amide bonds. The van der Waals surface area contributed by atoms with Crippen LogP contribution in [0.1, 0.15) is 37.6 Å². The molecule has 1 aromatic carbocycles. The lowest BCUT2D eigenvalue weighted by Gasteiger charge is -2.29. The highest BCUT2D eigenvalue weighted by molar-refractivity contribution is 9.10. The van der Waals surface area contributed by atoms with Crippen LogP contribution in [0.2, 0.25) is 5.02 Å². The summed E-state index contributed by atoms with van der Waals surface area (Å²) < 4.78 is 6.36. The van der Waals surface area contributed by atoms with Gasteiger partial charge in [-0.1, -0.05) is 27.5 Å². The summed E-state index contributed by atoms with van der Waals surface area (Å²) in [6.07, 6.45) is 1.82. The number of nitrogens with zero attached hydrogens (tertiary/aromatic N) is 3. The molecule has 1 aliphatic heterocycles. The van der Waals surface area contributed by atoms with E-state index in [1.807, 2.05) is 32.9 Å². The highest BCUT2D eigenvalue weighted by Gasteiger charge is 2.37. The molecule has 1 aliphatic rings. The first-order valence-corrected chi connectivity index (χ1v) is 10.5. The number of likely N-dealkylation sites (tertiary alicyclic amines) is 1. The summed E-state index contributed by atoms with van der Waals surface area (Å²) in [6, 6.07) is 10.3. The van der Waals surface area contributed by atoms with E-state index in [1.54, 1.807) is 40.3 Å². The number of halogens is 2. The molecule has 2 aromatic rings. The average molecular weight is 481 g/mol. The number of carbonyl (C=O) groups is 2. The minimum absolute atomic E-state index is 0.214. The first-order valence-electron chi connectivity index (χ1n) is 9.33. The number of rotatable bonds is 3. The Morgan fingerprint density at radius 1 is 1.24 bits per heavy atom. The van der Waals surface area contributed by atoms with E-state index in [2.05, 4.69) is 20.9 Å². The Labute approximate surface area is 183 Å². The minimum atomic E-state index is -0.577. The fraction of sp³-hybridized carbons (Fsp3) is 0.381. The topological polar surface area (TPSA) is 62.7 Å². The molecule has 154 valence electrons. The van der Waals surface area contributed by atoms with Gasteiger partial charge in [0.15, 0.2) is 5.82 Å². The van der Waals surface area contributed by atoms with E-state index in [1.165, 1.54) is 0 Å². The van der Waals surface area contributed by atoms with Crippen LogP contribution in [0, 0.1) is 0 Å². The number of hydrogen-bond donors (Lipinski definition) is 0. The van der Waals surface area contributed by atoms with Crippen LogP contribution in [0.4, 0.5) is 10.6 Å². The van der Waals surface area contributed by atoms with E-state index in [0.717, 1.165) is 4.47 Å². The Kier molecular flexibility index (Phi) is 6.49. The van der Waals surface area contributed by atoms with Crippen LogP contribution in [0.5, 0.6) is 0 Å². The van der Waals surface area contributed by atoms with Crippen molar-refractivity contribution in [2.75, 3.05) is 18.0 Å². The van der Waals surface area contributed by atoms with E-state index in [0.29, 0.717) is 35.9 Å². The van der Waals surface area contributed by atoms with E-state index >= 15 is 0 Å². The van der Waals surface area contributed by atoms with Gasteiger partial charge in [0, 0.05) is 29.3 Å². The summed E-state index contributed by atoms with van der Waals surface area (Å²) in [5.41, 5.74) is -0.0579. The van der Waals surface area contributed by atoms with E-state index in [9.17, 15) is 9.59 Å². The van der Waals surface area contributed by atoms with Gasteiger partial charge in [0.25, 0.3) is 5.91 Å². The van der Waals surface area contributed by atoms with Crippen LogP contribution < -0.4 is 4.90 Å². The lowest BCUT2D eigenvalue weighted by atomic mass is 10.1. The summed E-state index contributed by atoms with van der Waals surface area (Å²) in [5.74, 6) is 0.173. The van der Waals surface area contributed by atoms with Crippen LogP contribution in [0.25, 0.3) is 0 Å². The number of anilines is 1. The van der Waals surface area contributed by atoms with E-state index < -0.39 is 5.60 Å². The zero-order chi connectivity index (χ0) is 21.2. The molecule has 0 spiro atoms. The first-order chi connectivity index (χ1) is 13.7. The second-order valence-electron chi connectivity index (χ2n) is 7.86. The predicted molar refractivity (Wildman–Crippen MR) is 116 cm³/mol. The van der Waals surface area contributed by atoms with Gasteiger partial charge in [0.1, 0.15) is 5.60 Å². The molecule has 1 atom stereocenters. The average Bonchev–Trinajstić information content (AvgIpc) is 3.12. The van der Waals surface area contributed by atoms with Gasteiger partial charge in [-0.15, -0.1) is 0 Å². The van der Waals surface area contributed by atoms with Gasteiger partial charge in [0.05, 0.1) is 11.1 Å². The number of amides is 2. The Hall–Kier alpha value is -2.12. The first kappa shape index (κ1) is 21.6. The number of pyridine rings is 1. The zero-order valence-electron chi connectivity index (χ0n) is 16.6. The lowest BCUT2D eigenvalue weighted by molar-refractivity contribution is 0.0291. The zero-order valence-corrected chi connectivity index (χ0v) is 18.9. The Morgan fingerprint density at radius 3 is 2.55 bits per heavy atom. The van der Waals surface area contributed by atoms with Crippen molar-refractivity contribution >= 4 is 45.3 Å². The van der Waals surface area contributed by atoms with Gasteiger partial charge in [-0.25, -0.2) is 9.78 Å². The molecule has 6 nitrogen and oxygen atoms in total. The minimum Gasteiger partial charge on any atom is -0.444 e. The molecule has 29 heavy (non-hydrogen) atoms. The maximum atomic E-state index is 13.4. The summed E-state index contributed by atoms with van der Waals surface area (Å²) in [5, 5.41) is 0.383. The third-order valence-corrected chi connectivity index (χ3v) is 5.28. The van der Waals surface area contributed by atoms with Crippen LogP contribution in [-0.4, -0.2) is 46.6 Å². The van der Waals surface area contributed by atoms with Gasteiger partial charge in [0.2, 0.25) is 0 Å². The molecule has 1 fully saturated rings. The number of carbonyl (C=O) groups excluding carboxylic acids is 2. The molecule has 1 saturated heterocycles. The molecular weight excluding hydrogens is 458 g/mol. The van der Waals surface area contributed by atoms with Crippen molar-refractivity contribution in [1.29, 1.82) is 0 Å². The molecule has 8 heteroatoms. The Balaban J connectivity index is 1.88. The predicted octanol–water partition coefficient (Wildman–Crippen LogP) is 5.15. The van der Waals surface area contributed by atoms with Gasteiger partial charge in [-0.05, 0) is 63.6 Å². The maximum absolute atomic E-state index is 13.4. The van der Waals surface area contributed by atoms with Crippen molar-refractivity contribution in [1.82, 2.24) is 9.88 Å². The molecule has 0 unspecified atom stereocenters. The van der Waals surface area contributed by atoms with Gasteiger partial charge in [-0.2, -0.15) is 0 Å². The molecule has 1 aromatic heterocycles. The number of hydrogen-bond acceptors (Lipinski definition) is 4. The second kappa shape index (κ2) is 8.71. The third kappa shape index (κ3) is 5.28. The smallest absolute Gasteiger partial charge is 0.410 e. The van der Waals surface area contributed by atoms with Gasteiger partial charge >= 0.3 is 6.09 Å². The van der Waals surface area contributed by atoms with Crippen molar-refractivity contribution in [3.05, 3.63) is 57.7 Å². The van der Waals surface area contributed by atoms with E-state index in [-0.39, 0.29) is 18.0 Å². The standard InChI is InChI=1S/C21H23BrClN3O3/c1-21(2,3)29-20(28)25-12-10-16(13-25)26(18-17(23)5-4-11-24-18)19(27)14-6-8-15(22)9-7-14/h4-9,11,16H,10,12-13H2,1-3H3/t16-/m1/s1. The second-order valence-corrected chi connectivity index (χ2v) is 9.18. The van der Waals surface area contributed by atoms with Crippen molar-refractivity contribution in [2.24, 2.45) is 0 Å². The molecule has 3 rings (SSSR count). The SMILES string of the molecule is CC(C)(C)OC(=O)N1CC[C@@H](N(C(=O)c2ccc(Br)cc2)c2ncccc2Cl)C1. The summed E-state index contributed by atoms with van der Waals surface area (Å²) in [7, 11) is 0. The number of ether oxygens (including phenoxy) is 1. The van der Waals surface area contributed by atoms with Gasteiger partial charge in [-0.3, -0.25) is 9.69 Å². The van der Waals surface area contributed by atoms with Crippen LogP contribution in [-0.2, 0) is 4.74 Å². The molecule has 2 heterocycles. The van der Waals surface area contributed by atoms with Crippen LogP contribution in [0.3, 0.4) is 0 Å². The van der Waals surface area contributed by atoms with Crippen molar-refractivity contribution < 1.29 is 14.3 Å². The number of aromatic nitrogens is 1. The van der Waals surface area contributed by atoms with Crippen LogP contribution >= 0.6 is 27.5 Å². The molecule has 0 saturated carbocycles. The quantitative estimate of drug-likeness (QED) is 0.609. The molecule has 0 N–H and O–H groups in total. The normalized spacial score (nSPS) is 16.6. The van der Waals surface area contributed by atoms with E-state index in [4.69, 9.17) is 16.3 Å². The Bertz CT molecular complexity index is 899.